The molecule has 7 nitrogen and oxygen atoms in total. The molecular formula is C20H22F3N3O4S3. The molecule has 0 bridgehead atoms. The Hall–Kier alpha value is -2.09. The van der Waals surface area contributed by atoms with Crippen LogP contribution in [0.4, 0.5) is 13.2 Å². The van der Waals surface area contributed by atoms with Crippen molar-refractivity contribution in [2.45, 2.75) is 38.4 Å². The molecule has 33 heavy (non-hydrogen) atoms. The number of nitrogen functional groups attached to an aromatic ring is 1. The number of piperidine rings is 1. The van der Waals surface area contributed by atoms with E-state index in [9.17, 15) is 26.4 Å². The third-order valence-corrected chi connectivity index (χ3v) is 9.77. The summed E-state index contributed by atoms with van der Waals surface area (Å²) < 4.78 is 69.9. The minimum atomic E-state index is -5.11. The summed E-state index contributed by atoms with van der Waals surface area (Å²) in [5.74, 6) is -2.52. The highest BCUT2D eigenvalue weighted by molar-refractivity contribution is 8.01. The van der Waals surface area contributed by atoms with Gasteiger partial charge in [-0.2, -0.15) is 13.2 Å². The van der Waals surface area contributed by atoms with Crippen LogP contribution in [0.2, 0.25) is 0 Å². The largest absolute Gasteiger partial charge is 0.490 e. The predicted molar refractivity (Wildman–Crippen MR) is 120 cm³/mol. The summed E-state index contributed by atoms with van der Waals surface area (Å²) in [5, 5.41) is 10.7. The van der Waals surface area contributed by atoms with Crippen LogP contribution in [0.1, 0.15) is 23.3 Å². The fraction of sp³-hybridized carbons (Fsp3) is 0.400. The van der Waals surface area contributed by atoms with E-state index in [1.807, 2.05) is 0 Å². The molecule has 0 radical (unpaired) electrons. The van der Waals surface area contributed by atoms with Crippen molar-refractivity contribution >= 4 is 44.7 Å². The number of ether oxygens (including phenoxy) is 1. The van der Waals surface area contributed by atoms with Crippen molar-refractivity contribution < 1.29 is 31.1 Å². The first-order valence-electron chi connectivity index (χ1n) is 9.73. The Morgan fingerprint density at radius 2 is 1.97 bits per heavy atom. The van der Waals surface area contributed by atoms with E-state index < -0.39 is 34.0 Å². The van der Waals surface area contributed by atoms with Gasteiger partial charge >= 0.3 is 12.1 Å². The lowest BCUT2D eigenvalue weighted by molar-refractivity contribution is -0.201. The summed E-state index contributed by atoms with van der Waals surface area (Å²) in [6.07, 6.45) is -2.67. The highest BCUT2D eigenvalue weighted by Gasteiger charge is 2.44. The molecule has 2 aromatic rings. The number of esters is 1. The first-order valence-corrected chi connectivity index (χ1v) is 13.3. The quantitative estimate of drug-likeness (QED) is 0.221. The van der Waals surface area contributed by atoms with Crippen LogP contribution in [-0.4, -0.2) is 52.4 Å². The van der Waals surface area contributed by atoms with Gasteiger partial charge in [0.25, 0.3) is 0 Å². The van der Waals surface area contributed by atoms with E-state index in [4.69, 9.17) is 11.1 Å². The van der Waals surface area contributed by atoms with Crippen molar-refractivity contribution in [2.24, 2.45) is 5.73 Å². The number of thioether (sulfide) groups is 1. The van der Waals surface area contributed by atoms with Gasteiger partial charge in [0.15, 0.2) is 0 Å². The number of hydrogen-bond donors (Lipinski definition) is 3. The van der Waals surface area contributed by atoms with Gasteiger partial charge in [0.05, 0.1) is 18.9 Å². The van der Waals surface area contributed by atoms with Crippen LogP contribution in [-0.2, 0) is 24.8 Å². The van der Waals surface area contributed by atoms with Crippen molar-refractivity contribution in [2.75, 3.05) is 26.0 Å². The Morgan fingerprint density at radius 1 is 1.30 bits per heavy atom. The van der Waals surface area contributed by atoms with E-state index in [0.29, 0.717) is 40.6 Å². The molecular weight excluding hydrogens is 499 g/mol. The lowest BCUT2D eigenvalue weighted by atomic mass is 9.74. The second kappa shape index (κ2) is 9.65. The number of alkyl halides is 3. The standard InChI is InChI=1S/C20H22F3N3O4S3/c1-31-17-15(10-14(32-17)16(24)25)33(28,29)13-4-2-3-12(9-13)19(5-7-26-8-6-19)11-30-18(27)20(21,22)23/h2-4,9-10,26H,5-8,11H2,1H3,(H3,24,25). The van der Waals surface area contributed by atoms with Crippen molar-refractivity contribution in [3.8, 4) is 0 Å². The van der Waals surface area contributed by atoms with E-state index in [1.54, 1.807) is 12.3 Å². The molecule has 3 rings (SSSR count). The van der Waals surface area contributed by atoms with Gasteiger partial charge in [0, 0.05) is 5.41 Å². The van der Waals surface area contributed by atoms with Crippen molar-refractivity contribution in [3.63, 3.8) is 0 Å². The fourth-order valence-corrected chi connectivity index (χ4v) is 7.55. The molecule has 1 fully saturated rings. The van der Waals surface area contributed by atoms with Crippen LogP contribution in [0.3, 0.4) is 0 Å². The molecule has 1 aromatic heterocycles. The maximum atomic E-state index is 13.4. The molecule has 0 aliphatic carbocycles. The maximum Gasteiger partial charge on any atom is 0.490 e. The van der Waals surface area contributed by atoms with Crippen molar-refractivity contribution in [1.82, 2.24) is 5.32 Å². The van der Waals surface area contributed by atoms with Gasteiger partial charge in [-0.1, -0.05) is 12.1 Å². The predicted octanol–water partition coefficient (Wildman–Crippen LogP) is 3.31. The molecule has 1 saturated heterocycles. The molecule has 1 aliphatic heterocycles. The van der Waals surface area contributed by atoms with E-state index in [1.165, 1.54) is 36.0 Å². The Morgan fingerprint density at radius 3 is 2.55 bits per heavy atom. The van der Waals surface area contributed by atoms with Crippen LogP contribution in [0.25, 0.3) is 0 Å². The SMILES string of the molecule is CSc1sc(C(=N)N)cc1S(=O)(=O)c1cccc(C2(COC(=O)C(F)(F)F)CCNCC2)c1. The second-order valence-electron chi connectivity index (χ2n) is 7.52. The van der Waals surface area contributed by atoms with Gasteiger partial charge < -0.3 is 15.8 Å². The summed E-state index contributed by atoms with van der Waals surface area (Å²) in [4.78, 5) is 11.6. The minimum Gasteiger partial charge on any atom is -0.458 e. The van der Waals surface area contributed by atoms with Gasteiger partial charge in [-0.15, -0.1) is 23.1 Å². The highest BCUT2D eigenvalue weighted by atomic mass is 32.2. The van der Waals surface area contributed by atoms with E-state index >= 15 is 0 Å². The zero-order chi connectivity index (χ0) is 24.4. The van der Waals surface area contributed by atoms with Crippen LogP contribution in [0, 0.1) is 5.41 Å². The Balaban J connectivity index is 2.01. The first-order chi connectivity index (χ1) is 15.4. The zero-order valence-electron chi connectivity index (χ0n) is 17.5. The zero-order valence-corrected chi connectivity index (χ0v) is 19.9. The van der Waals surface area contributed by atoms with Gasteiger partial charge in [0.2, 0.25) is 9.84 Å². The van der Waals surface area contributed by atoms with Gasteiger partial charge in [0.1, 0.15) is 12.4 Å². The maximum absolute atomic E-state index is 13.4. The molecule has 0 amide bonds. The highest BCUT2D eigenvalue weighted by Crippen LogP contribution is 2.39. The number of benzene rings is 1. The van der Waals surface area contributed by atoms with Crippen LogP contribution in [0.5, 0.6) is 0 Å². The average molecular weight is 522 g/mol. The molecule has 0 spiro atoms. The normalized spacial score (nSPS) is 16.4. The third-order valence-electron chi connectivity index (χ3n) is 5.43. The number of nitrogens with two attached hydrogens (primary N) is 1. The lowest BCUT2D eigenvalue weighted by Gasteiger charge is -2.37. The topological polar surface area (TPSA) is 122 Å². The second-order valence-corrected chi connectivity index (χ2v) is 11.6. The average Bonchev–Trinajstić information content (AvgIpc) is 3.23. The Kier molecular flexibility index (Phi) is 7.46. The van der Waals surface area contributed by atoms with Crippen molar-refractivity contribution in [3.05, 3.63) is 40.8 Å². The number of thiophene rings is 1. The number of rotatable bonds is 7. The number of halogens is 3. The molecule has 0 saturated carbocycles. The fourth-order valence-electron chi connectivity index (χ4n) is 3.65. The van der Waals surface area contributed by atoms with E-state index in [2.05, 4.69) is 10.1 Å². The Labute approximate surface area is 197 Å². The number of nitrogens with one attached hydrogen (secondary N) is 2. The number of hydrogen-bond acceptors (Lipinski definition) is 8. The number of carbonyl (C=O) groups excluding carboxylic acids is 1. The molecule has 1 aliphatic rings. The van der Waals surface area contributed by atoms with Crippen LogP contribution < -0.4 is 11.1 Å². The van der Waals surface area contributed by atoms with Gasteiger partial charge in [-0.25, -0.2) is 13.2 Å². The van der Waals surface area contributed by atoms with Crippen LogP contribution in [0.15, 0.2) is 44.3 Å². The first kappa shape index (κ1) is 25.5. The number of carbonyl (C=O) groups is 1. The van der Waals surface area contributed by atoms with Crippen LogP contribution >= 0.6 is 23.1 Å². The monoisotopic (exact) mass is 521 g/mol. The molecule has 0 atom stereocenters. The summed E-state index contributed by atoms with van der Waals surface area (Å²) in [5.41, 5.74) is 5.04. The smallest absolute Gasteiger partial charge is 0.458 e. The summed E-state index contributed by atoms with van der Waals surface area (Å²) in [6, 6.07) is 7.35. The summed E-state index contributed by atoms with van der Waals surface area (Å²) in [7, 11) is -4.00. The van der Waals surface area contributed by atoms with E-state index in [0.717, 1.165) is 11.3 Å². The lowest BCUT2D eigenvalue weighted by Crippen LogP contribution is -2.44. The minimum absolute atomic E-state index is 0.0187. The van der Waals surface area contributed by atoms with Gasteiger partial charge in [-0.05, 0) is 55.9 Å². The van der Waals surface area contributed by atoms with Gasteiger partial charge in [-0.3, -0.25) is 5.41 Å². The summed E-state index contributed by atoms with van der Waals surface area (Å²) in [6.45, 7) is 0.437. The Bertz CT molecular complexity index is 1160. The van der Waals surface area contributed by atoms with E-state index in [-0.39, 0.29) is 15.6 Å². The molecule has 0 unspecified atom stereocenters. The molecule has 2 heterocycles. The number of sulfone groups is 1. The molecule has 1 aromatic carbocycles. The van der Waals surface area contributed by atoms with Crippen molar-refractivity contribution in [1.29, 1.82) is 5.41 Å². The summed E-state index contributed by atoms with van der Waals surface area (Å²) >= 11 is 2.31. The molecule has 13 heteroatoms. The third kappa shape index (κ3) is 5.36. The molecule has 180 valence electrons. The number of amidine groups is 1. The molecule has 4 N–H and O–H groups in total.